The fourth-order valence-electron chi connectivity index (χ4n) is 3.65. The maximum Gasteiger partial charge on any atom is 0.256 e. The molecule has 1 N–H and O–H groups in total. The molecule has 2 aromatic heterocycles. The normalized spacial score (nSPS) is 15.4. The highest BCUT2D eigenvalue weighted by Crippen LogP contribution is 2.21. The Kier molecular flexibility index (Phi) is 4.51. The number of carbonyl (C=O) groups is 1. The van der Waals surface area contributed by atoms with Gasteiger partial charge in [-0.3, -0.25) is 14.2 Å². The van der Waals surface area contributed by atoms with Gasteiger partial charge in [-0.1, -0.05) is 0 Å². The number of hydrogen-bond acceptors (Lipinski definition) is 4. The molecule has 27 heavy (non-hydrogen) atoms. The van der Waals surface area contributed by atoms with E-state index in [-0.39, 0.29) is 11.5 Å². The molecular formula is C20H23N5O2. The standard InChI is InChI=1S/C20H23N5O2/c1-13-14(2)23-12-25(19(13)26)10-15-5-7-24(8-6-15)20(27)16-3-4-17-18(9-16)22-11-21-17/h3-4,9,11-12,15H,5-8,10H2,1-2H3,(H,21,22). The largest absolute Gasteiger partial charge is 0.345 e. The molecule has 1 aromatic carbocycles. The van der Waals surface area contributed by atoms with E-state index in [0.717, 1.165) is 29.6 Å². The van der Waals surface area contributed by atoms with Gasteiger partial charge in [-0.05, 0) is 50.8 Å². The second-order valence-electron chi connectivity index (χ2n) is 7.28. The lowest BCUT2D eigenvalue weighted by Crippen LogP contribution is -2.40. The van der Waals surface area contributed by atoms with E-state index in [1.165, 1.54) is 0 Å². The second-order valence-corrected chi connectivity index (χ2v) is 7.28. The summed E-state index contributed by atoms with van der Waals surface area (Å²) in [6.45, 7) is 5.74. The van der Waals surface area contributed by atoms with E-state index < -0.39 is 0 Å². The average Bonchev–Trinajstić information content (AvgIpc) is 3.16. The van der Waals surface area contributed by atoms with Gasteiger partial charge in [0.15, 0.2) is 0 Å². The van der Waals surface area contributed by atoms with Crippen molar-refractivity contribution in [2.45, 2.75) is 33.2 Å². The van der Waals surface area contributed by atoms with Crippen LogP contribution in [0.4, 0.5) is 0 Å². The van der Waals surface area contributed by atoms with Gasteiger partial charge in [-0.25, -0.2) is 9.97 Å². The molecule has 1 aliphatic rings. The van der Waals surface area contributed by atoms with E-state index in [4.69, 9.17) is 0 Å². The summed E-state index contributed by atoms with van der Waals surface area (Å²) in [6, 6.07) is 5.56. The number of imidazole rings is 1. The maximum absolute atomic E-state index is 12.8. The number of aryl methyl sites for hydroxylation is 1. The Labute approximate surface area is 157 Å². The van der Waals surface area contributed by atoms with Gasteiger partial charge in [-0.15, -0.1) is 0 Å². The molecule has 0 atom stereocenters. The first kappa shape index (κ1) is 17.5. The highest BCUT2D eigenvalue weighted by molar-refractivity contribution is 5.97. The summed E-state index contributed by atoms with van der Waals surface area (Å²) < 4.78 is 1.71. The van der Waals surface area contributed by atoms with Crippen LogP contribution in [-0.4, -0.2) is 43.4 Å². The van der Waals surface area contributed by atoms with Crippen molar-refractivity contribution in [3.8, 4) is 0 Å². The van der Waals surface area contributed by atoms with Crippen LogP contribution in [0.15, 0.2) is 35.6 Å². The molecule has 0 unspecified atom stereocenters. The predicted octanol–water partition coefficient (Wildman–Crippen LogP) is 2.29. The summed E-state index contributed by atoms with van der Waals surface area (Å²) in [5, 5.41) is 0. The quantitative estimate of drug-likeness (QED) is 0.772. The number of likely N-dealkylation sites (tertiary alicyclic amines) is 1. The minimum absolute atomic E-state index is 0.0360. The van der Waals surface area contributed by atoms with Crippen LogP contribution >= 0.6 is 0 Å². The number of piperidine rings is 1. The second kappa shape index (κ2) is 6.98. The summed E-state index contributed by atoms with van der Waals surface area (Å²) in [6.07, 6.45) is 5.05. The third-order valence-electron chi connectivity index (χ3n) is 5.54. The van der Waals surface area contributed by atoms with Crippen LogP contribution in [-0.2, 0) is 6.54 Å². The Hall–Kier alpha value is -2.96. The van der Waals surface area contributed by atoms with E-state index in [1.807, 2.05) is 36.9 Å². The summed E-state index contributed by atoms with van der Waals surface area (Å²) in [4.78, 5) is 38.6. The monoisotopic (exact) mass is 365 g/mol. The van der Waals surface area contributed by atoms with Gasteiger partial charge >= 0.3 is 0 Å². The zero-order valence-corrected chi connectivity index (χ0v) is 15.6. The first-order chi connectivity index (χ1) is 13.0. The van der Waals surface area contributed by atoms with E-state index in [0.29, 0.717) is 36.7 Å². The van der Waals surface area contributed by atoms with Crippen molar-refractivity contribution in [2.75, 3.05) is 13.1 Å². The number of nitrogens with zero attached hydrogens (tertiary/aromatic N) is 4. The van der Waals surface area contributed by atoms with Crippen LogP contribution in [0.1, 0.15) is 34.5 Å². The molecule has 1 fully saturated rings. The number of H-pyrrole nitrogens is 1. The van der Waals surface area contributed by atoms with Gasteiger partial charge in [0.05, 0.1) is 23.7 Å². The molecule has 7 nitrogen and oxygen atoms in total. The molecule has 3 heterocycles. The summed E-state index contributed by atoms with van der Waals surface area (Å²) in [5.41, 5.74) is 3.94. The van der Waals surface area contributed by atoms with Crippen LogP contribution < -0.4 is 5.56 Å². The van der Waals surface area contributed by atoms with Gasteiger partial charge in [0, 0.05) is 36.5 Å². The fourth-order valence-corrected chi connectivity index (χ4v) is 3.65. The summed E-state index contributed by atoms with van der Waals surface area (Å²) in [5.74, 6) is 0.431. The van der Waals surface area contributed by atoms with Crippen LogP contribution in [0.5, 0.6) is 0 Å². The molecular weight excluding hydrogens is 342 g/mol. The smallest absolute Gasteiger partial charge is 0.256 e. The molecule has 140 valence electrons. The first-order valence-corrected chi connectivity index (χ1v) is 9.28. The Morgan fingerprint density at radius 2 is 2.00 bits per heavy atom. The van der Waals surface area contributed by atoms with Crippen molar-refractivity contribution in [3.05, 3.63) is 58.0 Å². The number of aromatic amines is 1. The van der Waals surface area contributed by atoms with Gasteiger partial charge < -0.3 is 9.88 Å². The van der Waals surface area contributed by atoms with Crippen LogP contribution in [0, 0.1) is 19.8 Å². The topological polar surface area (TPSA) is 83.9 Å². The SMILES string of the molecule is Cc1ncn(CC2CCN(C(=O)c3ccc4nc[nH]c4c3)CC2)c(=O)c1C. The number of carbonyl (C=O) groups excluding carboxylic acids is 1. The Morgan fingerprint density at radius 1 is 1.22 bits per heavy atom. The molecule has 1 saturated heterocycles. The van der Waals surface area contributed by atoms with Crippen LogP contribution in [0.2, 0.25) is 0 Å². The lowest BCUT2D eigenvalue weighted by atomic mass is 9.96. The lowest BCUT2D eigenvalue weighted by Gasteiger charge is -2.32. The fraction of sp³-hybridized carbons (Fsp3) is 0.400. The number of rotatable bonds is 3. The molecule has 7 heteroatoms. The lowest BCUT2D eigenvalue weighted by molar-refractivity contribution is 0.0682. The summed E-state index contributed by atoms with van der Waals surface area (Å²) >= 11 is 0. The Balaban J connectivity index is 1.40. The van der Waals surface area contributed by atoms with E-state index in [9.17, 15) is 9.59 Å². The Bertz CT molecular complexity index is 1040. The molecule has 0 radical (unpaired) electrons. The number of hydrogen-bond donors (Lipinski definition) is 1. The molecule has 4 rings (SSSR count). The number of amides is 1. The summed E-state index contributed by atoms with van der Waals surface area (Å²) in [7, 11) is 0. The zero-order chi connectivity index (χ0) is 19.0. The van der Waals surface area contributed by atoms with Crippen LogP contribution in [0.3, 0.4) is 0 Å². The molecule has 0 spiro atoms. The number of benzene rings is 1. The molecule has 1 aliphatic heterocycles. The van der Waals surface area contributed by atoms with Crippen molar-refractivity contribution in [2.24, 2.45) is 5.92 Å². The maximum atomic E-state index is 12.8. The molecule has 0 saturated carbocycles. The number of nitrogens with one attached hydrogen (secondary N) is 1. The Morgan fingerprint density at radius 3 is 2.78 bits per heavy atom. The predicted molar refractivity (Wildman–Crippen MR) is 103 cm³/mol. The van der Waals surface area contributed by atoms with E-state index >= 15 is 0 Å². The molecule has 0 aliphatic carbocycles. The number of fused-ring (bicyclic) bond motifs is 1. The number of aromatic nitrogens is 4. The average molecular weight is 365 g/mol. The highest BCUT2D eigenvalue weighted by atomic mass is 16.2. The third kappa shape index (κ3) is 3.37. The molecule has 1 amide bonds. The van der Waals surface area contributed by atoms with Crippen molar-refractivity contribution in [3.63, 3.8) is 0 Å². The zero-order valence-electron chi connectivity index (χ0n) is 15.6. The first-order valence-electron chi connectivity index (χ1n) is 9.28. The third-order valence-corrected chi connectivity index (χ3v) is 5.54. The van der Waals surface area contributed by atoms with Crippen molar-refractivity contribution >= 4 is 16.9 Å². The van der Waals surface area contributed by atoms with E-state index in [1.54, 1.807) is 17.2 Å². The van der Waals surface area contributed by atoms with Gasteiger partial charge in [-0.2, -0.15) is 0 Å². The minimum Gasteiger partial charge on any atom is -0.345 e. The minimum atomic E-state index is 0.0360. The molecule has 3 aromatic rings. The van der Waals surface area contributed by atoms with Crippen molar-refractivity contribution in [1.82, 2.24) is 24.4 Å². The van der Waals surface area contributed by atoms with Crippen molar-refractivity contribution < 1.29 is 4.79 Å². The van der Waals surface area contributed by atoms with Gasteiger partial charge in [0.2, 0.25) is 0 Å². The molecule has 0 bridgehead atoms. The van der Waals surface area contributed by atoms with E-state index in [2.05, 4.69) is 15.0 Å². The van der Waals surface area contributed by atoms with Crippen molar-refractivity contribution in [1.29, 1.82) is 0 Å². The highest BCUT2D eigenvalue weighted by Gasteiger charge is 2.24. The van der Waals surface area contributed by atoms with Gasteiger partial charge in [0.1, 0.15) is 0 Å². The van der Waals surface area contributed by atoms with Crippen LogP contribution in [0.25, 0.3) is 11.0 Å². The van der Waals surface area contributed by atoms with Gasteiger partial charge in [0.25, 0.3) is 11.5 Å².